The molecule has 0 saturated carbocycles. The molecule has 8 nitrogen and oxygen atoms in total. The lowest BCUT2D eigenvalue weighted by molar-refractivity contribution is -0.407. The first kappa shape index (κ1) is 21.0. The van der Waals surface area contributed by atoms with Crippen molar-refractivity contribution in [2.24, 2.45) is 10.9 Å². The maximum absolute atomic E-state index is 12.9. The average molecular weight is 393 g/mol. The Bertz CT molecular complexity index is 797. The fraction of sp³-hybridized carbons (Fsp3) is 0.556. The number of amides is 4. The number of nitrogens with zero attached hydrogens (tertiary/aromatic N) is 4. The fourth-order valence-electron chi connectivity index (χ4n) is 2.97. The topological polar surface area (TPSA) is 90.1 Å². The van der Waals surface area contributed by atoms with Crippen molar-refractivity contribution in [1.82, 2.24) is 9.80 Å². The Labute approximate surface area is 163 Å². The van der Waals surface area contributed by atoms with Crippen LogP contribution in [-0.4, -0.2) is 83.5 Å². The van der Waals surface area contributed by atoms with E-state index < -0.39 is 23.1 Å². The van der Waals surface area contributed by atoms with Crippen LogP contribution in [-0.2, 0) is 14.4 Å². The zero-order valence-corrected chi connectivity index (χ0v) is 17.3. The Hall–Kier alpha value is -2.29. The van der Waals surface area contributed by atoms with Crippen LogP contribution in [0.5, 0.6) is 0 Å². The molecular weight excluding hydrogens is 368 g/mol. The van der Waals surface area contributed by atoms with Gasteiger partial charge in [0, 0.05) is 19.0 Å². The van der Waals surface area contributed by atoms with Crippen LogP contribution in [0.4, 0.5) is 4.79 Å². The number of ketones is 1. The summed E-state index contributed by atoms with van der Waals surface area (Å²) >= 11 is 1.09. The number of carbonyl (C=O) groups is 4. The van der Waals surface area contributed by atoms with Crippen LogP contribution in [0.3, 0.4) is 0 Å². The standard InChI is InChI=1S/C18H25N4O4S/c1-7-8-11-9-19-15-12(16(24)22(6)18(26)21(15)5)14(11)27-13(10(2)23)17(25)20(3)4/h9,12-13H,7-8H2,1-6H3/q+1. The van der Waals surface area contributed by atoms with E-state index in [0.717, 1.165) is 28.7 Å². The maximum Gasteiger partial charge on any atom is 0.445 e. The number of Topliss-reactive ketones (excluding diaryl/α,β-unsaturated/α-hetero) is 1. The lowest BCUT2D eigenvalue weighted by atomic mass is 9.96. The van der Waals surface area contributed by atoms with Crippen LogP contribution in [0.2, 0.25) is 0 Å². The van der Waals surface area contributed by atoms with Crippen molar-refractivity contribution in [3.63, 3.8) is 0 Å². The molecule has 146 valence electrons. The molecule has 2 unspecified atom stereocenters. The van der Waals surface area contributed by atoms with Crippen LogP contribution < -0.4 is 0 Å². The molecule has 27 heavy (non-hydrogen) atoms. The Morgan fingerprint density at radius 3 is 2.52 bits per heavy atom. The summed E-state index contributed by atoms with van der Waals surface area (Å²) in [6, 6.07) is -0.459. The third-order valence-electron chi connectivity index (χ3n) is 4.48. The van der Waals surface area contributed by atoms with Crippen molar-refractivity contribution in [1.29, 1.82) is 0 Å². The first-order valence-electron chi connectivity index (χ1n) is 8.69. The minimum atomic E-state index is -0.948. The lowest BCUT2D eigenvalue weighted by Gasteiger charge is -2.29. The summed E-state index contributed by atoms with van der Waals surface area (Å²) in [6.45, 7) is 3.37. The molecule has 4 amide bonds. The quantitative estimate of drug-likeness (QED) is 0.499. The first-order valence-corrected chi connectivity index (χ1v) is 9.57. The van der Waals surface area contributed by atoms with Crippen LogP contribution >= 0.6 is 11.8 Å². The molecule has 2 rings (SSSR count). The van der Waals surface area contributed by atoms with Crippen LogP contribution in [0.1, 0.15) is 26.7 Å². The minimum Gasteiger partial charge on any atom is -0.347 e. The largest absolute Gasteiger partial charge is 0.445 e. The van der Waals surface area contributed by atoms with E-state index in [1.807, 2.05) is 6.92 Å². The summed E-state index contributed by atoms with van der Waals surface area (Å²) in [5.41, 5.74) is 0.818. The lowest BCUT2D eigenvalue weighted by Crippen LogP contribution is -2.53. The van der Waals surface area contributed by atoms with Gasteiger partial charge >= 0.3 is 11.9 Å². The number of hydrogen-bond donors (Lipinski definition) is 0. The van der Waals surface area contributed by atoms with Gasteiger partial charge in [-0.2, -0.15) is 9.48 Å². The molecular formula is C18H25N4O4S+. The first-order chi connectivity index (χ1) is 12.6. The zero-order chi connectivity index (χ0) is 20.5. The normalized spacial score (nSPS) is 20.8. The molecule has 0 aromatic rings. The van der Waals surface area contributed by atoms with Crippen molar-refractivity contribution in [2.45, 2.75) is 31.9 Å². The highest BCUT2D eigenvalue weighted by molar-refractivity contribution is 8.05. The summed E-state index contributed by atoms with van der Waals surface area (Å²) in [4.78, 5) is 57.2. The Kier molecular flexibility index (Phi) is 6.35. The summed E-state index contributed by atoms with van der Waals surface area (Å²) < 4.78 is 1.34. The van der Waals surface area contributed by atoms with Crippen LogP contribution in [0, 0.1) is 5.92 Å². The number of urea groups is 1. The van der Waals surface area contributed by atoms with Gasteiger partial charge < -0.3 is 4.90 Å². The summed E-state index contributed by atoms with van der Waals surface area (Å²) in [7, 11) is 6.16. The highest BCUT2D eigenvalue weighted by Gasteiger charge is 2.49. The number of thioether (sulfide) groups is 1. The van der Waals surface area contributed by atoms with Gasteiger partial charge in [-0.25, -0.2) is 4.79 Å². The number of imide groups is 1. The van der Waals surface area contributed by atoms with Crippen LogP contribution in [0.15, 0.2) is 15.5 Å². The van der Waals surface area contributed by atoms with E-state index in [-0.39, 0.29) is 11.7 Å². The number of carbonyl (C=O) groups excluding carboxylic acids is 4. The molecule has 2 atom stereocenters. The average Bonchev–Trinajstić information content (AvgIpc) is 2.62. The van der Waals surface area contributed by atoms with Gasteiger partial charge in [0.25, 0.3) is 5.84 Å². The highest BCUT2D eigenvalue weighted by atomic mass is 32.2. The highest BCUT2D eigenvalue weighted by Crippen LogP contribution is 2.38. The predicted octanol–water partition coefficient (Wildman–Crippen LogP) is 1.15. The van der Waals surface area contributed by atoms with E-state index in [2.05, 4.69) is 4.99 Å². The van der Waals surface area contributed by atoms with Gasteiger partial charge in [0.05, 0.1) is 14.1 Å². The predicted molar refractivity (Wildman–Crippen MR) is 104 cm³/mol. The molecule has 0 fully saturated rings. The number of hydrogen-bond acceptors (Lipinski definition) is 6. The minimum absolute atomic E-state index is 0.285. The Balaban J connectivity index is 2.58. The van der Waals surface area contributed by atoms with Gasteiger partial charge in [-0.15, -0.1) is 16.8 Å². The van der Waals surface area contributed by atoms with Gasteiger partial charge in [-0.1, -0.05) is 13.3 Å². The molecule has 0 aromatic carbocycles. The monoisotopic (exact) mass is 393 g/mol. The summed E-state index contributed by atoms with van der Waals surface area (Å²) in [5, 5.41) is -0.948. The second-order valence-corrected chi connectivity index (χ2v) is 7.92. The fourth-order valence-corrected chi connectivity index (χ4v) is 4.35. The molecule has 0 aliphatic carbocycles. The summed E-state index contributed by atoms with van der Waals surface area (Å²) in [5.74, 6) is -1.48. The van der Waals surface area contributed by atoms with Gasteiger partial charge in [-0.3, -0.25) is 14.4 Å². The van der Waals surface area contributed by atoms with Crippen LogP contribution in [0.25, 0.3) is 0 Å². The SMILES string of the molecule is CCCC1=C(SC(C(C)=O)C(=O)N(C)C)C2C(=O)N(C)C(=O)[N+](C)=C2N=C1. The van der Waals surface area contributed by atoms with Crippen molar-refractivity contribution in [3.8, 4) is 0 Å². The number of aliphatic imine (C=N–C) groups is 1. The van der Waals surface area contributed by atoms with Crippen molar-refractivity contribution >= 4 is 47.4 Å². The van der Waals surface area contributed by atoms with Gasteiger partial charge in [0.15, 0.2) is 11.7 Å². The maximum atomic E-state index is 12.9. The van der Waals surface area contributed by atoms with E-state index in [1.165, 1.54) is 23.4 Å². The molecule has 2 aliphatic rings. The summed E-state index contributed by atoms with van der Waals surface area (Å²) in [6.07, 6.45) is 3.11. The van der Waals surface area contributed by atoms with E-state index in [0.29, 0.717) is 17.2 Å². The van der Waals surface area contributed by atoms with E-state index in [4.69, 9.17) is 0 Å². The molecule has 2 heterocycles. The number of fused-ring (bicyclic) bond motifs is 1. The van der Waals surface area contributed by atoms with Gasteiger partial charge in [0.1, 0.15) is 11.5 Å². The number of rotatable bonds is 6. The molecule has 9 heteroatoms. The van der Waals surface area contributed by atoms with E-state index in [1.54, 1.807) is 27.4 Å². The second-order valence-electron chi connectivity index (χ2n) is 6.77. The smallest absolute Gasteiger partial charge is 0.347 e. The molecule has 0 N–H and O–H groups in total. The van der Waals surface area contributed by atoms with Crippen molar-refractivity contribution < 1.29 is 23.8 Å². The third-order valence-corrected chi connectivity index (χ3v) is 6.00. The third kappa shape index (κ3) is 3.87. The molecule has 0 radical (unpaired) electrons. The Morgan fingerprint density at radius 1 is 1.37 bits per heavy atom. The molecule has 0 spiro atoms. The number of allylic oxidation sites excluding steroid dienone is 1. The molecule has 2 aliphatic heterocycles. The zero-order valence-electron chi connectivity index (χ0n) is 16.5. The second kappa shape index (κ2) is 8.16. The van der Waals surface area contributed by atoms with Gasteiger partial charge in [-0.05, 0) is 18.9 Å². The molecule has 0 bridgehead atoms. The molecule has 0 aromatic heterocycles. The Morgan fingerprint density at radius 2 is 2.00 bits per heavy atom. The number of amidine groups is 1. The van der Waals surface area contributed by atoms with Crippen molar-refractivity contribution in [2.75, 3.05) is 28.2 Å². The number of dihydropyridines is 1. The van der Waals surface area contributed by atoms with Crippen molar-refractivity contribution in [3.05, 3.63) is 10.5 Å². The van der Waals surface area contributed by atoms with Gasteiger partial charge in [0.2, 0.25) is 5.91 Å². The van der Waals surface area contributed by atoms with E-state index >= 15 is 0 Å². The van der Waals surface area contributed by atoms with E-state index in [9.17, 15) is 19.2 Å². The molecule has 0 saturated heterocycles.